The molecule has 190 valence electrons. The first-order valence-corrected chi connectivity index (χ1v) is 13.5. The Morgan fingerprint density at radius 2 is 1.50 bits per heavy atom. The Balaban J connectivity index is 1.22. The molecule has 2 aliphatic heterocycles. The summed E-state index contributed by atoms with van der Waals surface area (Å²) in [6.07, 6.45) is 7.85. The van der Waals surface area contributed by atoms with Crippen LogP contribution >= 0.6 is 0 Å². The summed E-state index contributed by atoms with van der Waals surface area (Å²) in [6, 6.07) is 17.9. The molecule has 5 nitrogen and oxygen atoms in total. The Hall–Kier alpha value is -2.73. The lowest BCUT2D eigenvalue weighted by Gasteiger charge is -2.37. The molecule has 2 aromatic rings. The number of amides is 1. The molecule has 0 radical (unpaired) electrons. The molecule has 5 heteroatoms. The van der Waals surface area contributed by atoms with Gasteiger partial charge in [-0.2, -0.15) is 0 Å². The summed E-state index contributed by atoms with van der Waals surface area (Å²) in [4.78, 5) is 16.0. The first-order valence-electron chi connectivity index (χ1n) is 13.5. The van der Waals surface area contributed by atoms with Gasteiger partial charge in [0.2, 0.25) is 5.91 Å². The van der Waals surface area contributed by atoms with E-state index in [1.165, 1.54) is 27.8 Å². The van der Waals surface area contributed by atoms with E-state index in [2.05, 4.69) is 77.8 Å². The summed E-state index contributed by atoms with van der Waals surface area (Å²) in [5.74, 6) is 0.352. The Morgan fingerprint density at radius 1 is 0.944 bits per heavy atom. The van der Waals surface area contributed by atoms with E-state index in [9.17, 15) is 9.90 Å². The number of piperidine rings is 2. The normalized spacial score (nSPS) is 20.5. The van der Waals surface area contributed by atoms with Crippen molar-refractivity contribution >= 4 is 23.6 Å². The Bertz CT molecular complexity index is 1080. The number of rotatable bonds is 5. The standard InChI is InChI=1S/C31H39N3O2/c1-22(21-32-31(36)27-15-19-34(20-16-27)23(2)35)33-17-13-26(14-18-33)30-28-9-5-3-7-24(28)11-12-25-8-4-6-10-29(25)30/h3-12,22,27,31-32,36H,13-21H2,1-2H3. The van der Waals surface area contributed by atoms with Crippen molar-refractivity contribution < 1.29 is 9.90 Å². The fourth-order valence-corrected chi connectivity index (χ4v) is 6.05. The van der Waals surface area contributed by atoms with Gasteiger partial charge >= 0.3 is 0 Å². The maximum absolute atomic E-state index is 11.6. The number of hydrogen-bond donors (Lipinski definition) is 2. The number of aliphatic hydroxyl groups excluding tert-OH is 1. The van der Waals surface area contributed by atoms with Crippen molar-refractivity contribution in [3.05, 3.63) is 76.4 Å². The van der Waals surface area contributed by atoms with Crippen LogP contribution in [0.15, 0.2) is 54.1 Å². The number of nitrogens with zero attached hydrogens (tertiary/aromatic N) is 2. The van der Waals surface area contributed by atoms with Crippen LogP contribution in [0, 0.1) is 5.92 Å². The van der Waals surface area contributed by atoms with E-state index in [-0.39, 0.29) is 11.8 Å². The minimum absolute atomic E-state index is 0.135. The van der Waals surface area contributed by atoms with E-state index in [4.69, 9.17) is 0 Å². The quantitative estimate of drug-likeness (QED) is 0.518. The van der Waals surface area contributed by atoms with Crippen molar-refractivity contribution in [2.45, 2.75) is 51.8 Å². The van der Waals surface area contributed by atoms with Gasteiger partial charge in [0.25, 0.3) is 0 Å². The highest BCUT2D eigenvalue weighted by Gasteiger charge is 2.28. The zero-order valence-electron chi connectivity index (χ0n) is 21.6. The molecule has 1 aliphatic carbocycles. The van der Waals surface area contributed by atoms with Gasteiger partial charge < -0.3 is 10.0 Å². The molecular weight excluding hydrogens is 446 g/mol. The summed E-state index contributed by atoms with van der Waals surface area (Å²) in [5, 5.41) is 14.1. The van der Waals surface area contributed by atoms with E-state index in [0.29, 0.717) is 6.04 Å². The van der Waals surface area contributed by atoms with Crippen LogP contribution in [0.5, 0.6) is 0 Å². The molecule has 0 spiro atoms. The minimum Gasteiger partial charge on any atom is -0.378 e. The number of aliphatic hydroxyl groups is 1. The predicted octanol–water partition coefficient (Wildman–Crippen LogP) is 4.62. The van der Waals surface area contributed by atoms with Crippen molar-refractivity contribution in [3.63, 3.8) is 0 Å². The highest BCUT2D eigenvalue weighted by Crippen LogP contribution is 2.38. The van der Waals surface area contributed by atoms with E-state index < -0.39 is 6.23 Å². The zero-order chi connectivity index (χ0) is 25.1. The molecule has 36 heavy (non-hydrogen) atoms. The lowest BCUT2D eigenvalue weighted by Crippen LogP contribution is -2.49. The zero-order valence-corrected chi connectivity index (χ0v) is 21.6. The summed E-state index contributed by atoms with van der Waals surface area (Å²) in [7, 11) is 0. The Labute approximate surface area is 215 Å². The number of carbonyl (C=O) groups is 1. The molecule has 2 aromatic carbocycles. The topological polar surface area (TPSA) is 55.8 Å². The van der Waals surface area contributed by atoms with Crippen molar-refractivity contribution in [1.29, 1.82) is 0 Å². The summed E-state index contributed by atoms with van der Waals surface area (Å²) in [5.41, 5.74) is 8.24. The highest BCUT2D eigenvalue weighted by molar-refractivity contribution is 5.94. The summed E-state index contributed by atoms with van der Waals surface area (Å²) < 4.78 is 0. The molecule has 5 rings (SSSR count). The Morgan fingerprint density at radius 3 is 2.06 bits per heavy atom. The van der Waals surface area contributed by atoms with Gasteiger partial charge in [-0.25, -0.2) is 0 Å². The smallest absolute Gasteiger partial charge is 0.219 e. The van der Waals surface area contributed by atoms with Gasteiger partial charge in [0.05, 0.1) is 0 Å². The SMILES string of the molecule is CC(=O)N1CCC(C(O)NCC(C)N2CCC(=C3c4ccccc4C=Cc4ccccc43)CC2)CC1. The maximum Gasteiger partial charge on any atom is 0.219 e. The number of carbonyl (C=O) groups excluding carboxylic acids is 1. The summed E-state index contributed by atoms with van der Waals surface area (Å²) in [6.45, 7) is 8.23. The molecule has 3 aliphatic rings. The first kappa shape index (κ1) is 24.9. The second-order valence-corrected chi connectivity index (χ2v) is 10.6. The third-order valence-corrected chi connectivity index (χ3v) is 8.34. The van der Waals surface area contributed by atoms with Crippen molar-refractivity contribution in [1.82, 2.24) is 15.1 Å². The maximum atomic E-state index is 11.6. The molecule has 2 saturated heterocycles. The van der Waals surface area contributed by atoms with Crippen molar-refractivity contribution in [2.24, 2.45) is 5.92 Å². The van der Waals surface area contributed by atoms with Gasteiger partial charge in [-0.3, -0.25) is 15.0 Å². The molecule has 0 bridgehead atoms. The number of fused-ring (bicyclic) bond motifs is 2. The minimum atomic E-state index is -0.504. The average molecular weight is 486 g/mol. The molecular formula is C31H39N3O2. The molecule has 2 fully saturated rings. The fourth-order valence-electron chi connectivity index (χ4n) is 6.05. The monoisotopic (exact) mass is 485 g/mol. The lowest BCUT2D eigenvalue weighted by molar-refractivity contribution is -0.130. The van der Waals surface area contributed by atoms with Crippen molar-refractivity contribution in [3.8, 4) is 0 Å². The van der Waals surface area contributed by atoms with E-state index in [1.54, 1.807) is 12.5 Å². The van der Waals surface area contributed by atoms with Gasteiger partial charge in [-0.15, -0.1) is 0 Å². The number of nitrogens with one attached hydrogen (secondary N) is 1. The van der Waals surface area contributed by atoms with Gasteiger partial charge in [0, 0.05) is 51.6 Å². The molecule has 2 heterocycles. The third kappa shape index (κ3) is 5.34. The second-order valence-electron chi connectivity index (χ2n) is 10.6. The van der Waals surface area contributed by atoms with Crippen LogP contribution in [0.3, 0.4) is 0 Å². The van der Waals surface area contributed by atoms with Crippen LogP contribution in [-0.4, -0.2) is 65.8 Å². The number of likely N-dealkylation sites (tertiary alicyclic amines) is 2. The average Bonchev–Trinajstić information content (AvgIpc) is 3.08. The predicted molar refractivity (Wildman–Crippen MR) is 147 cm³/mol. The van der Waals surface area contributed by atoms with Gasteiger partial charge in [0.15, 0.2) is 0 Å². The molecule has 2 atom stereocenters. The van der Waals surface area contributed by atoms with Crippen LogP contribution in [0.1, 0.15) is 61.8 Å². The van der Waals surface area contributed by atoms with Crippen LogP contribution in [-0.2, 0) is 4.79 Å². The number of benzene rings is 2. The Kier molecular flexibility index (Phi) is 7.70. The largest absolute Gasteiger partial charge is 0.378 e. The second kappa shape index (κ2) is 11.1. The van der Waals surface area contributed by atoms with Crippen LogP contribution in [0.25, 0.3) is 17.7 Å². The van der Waals surface area contributed by atoms with E-state index in [0.717, 1.165) is 58.4 Å². The first-order chi connectivity index (χ1) is 17.5. The van der Waals surface area contributed by atoms with Crippen LogP contribution in [0.2, 0.25) is 0 Å². The molecule has 1 amide bonds. The highest BCUT2D eigenvalue weighted by atomic mass is 16.3. The van der Waals surface area contributed by atoms with Gasteiger partial charge in [0.1, 0.15) is 6.23 Å². The molecule has 0 aromatic heterocycles. The molecule has 2 unspecified atom stereocenters. The van der Waals surface area contributed by atoms with Crippen LogP contribution in [0.4, 0.5) is 0 Å². The van der Waals surface area contributed by atoms with Gasteiger partial charge in [-0.05, 0) is 60.4 Å². The van der Waals surface area contributed by atoms with Crippen molar-refractivity contribution in [2.75, 3.05) is 32.7 Å². The lowest BCUT2D eigenvalue weighted by atomic mass is 9.86. The fraction of sp³-hybridized carbons (Fsp3) is 0.452. The molecule has 0 saturated carbocycles. The van der Waals surface area contributed by atoms with Gasteiger partial charge in [-0.1, -0.05) is 66.3 Å². The number of hydrogen-bond acceptors (Lipinski definition) is 4. The summed E-state index contributed by atoms with van der Waals surface area (Å²) >= 11 is 0. The third-order valence-electron chi connectivity index (χ3n) is 8.34. The van der Waals surface area contributed by atoms with Crippen LogP contribution < -0.4 is 5.32 Å². The molecule has 2 N–H and O–H groups in total. The van der Waals surface area contributed by atoms with E-state index >= 15 is 0 Å². The van der Waals surface area contributed by atoms with E-state index in [1.807, 2.05) is 4.90 Å².